The minimum atomic E-state index is 0. The summed E-state index contributed by atoms with van der Waals surface area (Å²) in [5.74, 6) is 0. The van der Waals surface area contributed by atoms with Crippen LogP contribution in [0.25, 0.3) is 10.8 Å². The summed E-state index contributed by atoms with van der Waals surface area (Å²) in [6.45, 7) is 9.29. The Hall–Kier alpha value is -1.73. The van der Waals surface area contributed by atoms with Gasteiger partial charge in [-0.15, -0.1) is 25.6 Å². The van der Waals surface area contributed by atoms with Crippen LogP contribution in [-0.4, -0.2) is 13.1 Å². The van der Waals surface area contributed by atoms with E-state index >= 15 is 0 Å². The van der Waals surface area contributed by atoms with Crippen LogP contribution in [0.2, 0.25) is 0 Å². The van der Waals surface area contributed by atoms with E-state index in [1.807, 2.05) is 12.2 Å². The van der Waals surface area contributed by atoms with Crippen molar-refractivity contribution in [3.8, 4) is 0 Å². The Labute approximate surface area is 115 Å². The van der Waals surface area contributed by atoms with Crippen LogP contribution in [-0.2, 0) is 0 Å². The van der Waals surface area contributed by atoms with Crippen molar-refractivity contribution in [3.63, 3.8) is 0 Å². The lowest BCUT2D eigenvalue weighted by atomic mass is 10.1. The van der Waals surface area contributed by atoms with Crippen molar-refractivity contribution in [1.82, 2.24) is 0 Å². The fourth-order valence-corrected chi connectivity index (χ4v) is 2.07. The summed E-state index contributed by atoms with van der Waals surface area (Å²) in [5, 5.41) is 2.54. The van der Waals surface area contributed by atoms with E-state index in [-0.39, 0.29) is 12.4 Å². The number of rotatable bonds is 5. The van der Waals surface area contributed by atoms with Crippen LogP contribution >= 0.6 is 12.4 Å². The molecule has 0 fully saturated rings. The summed E-state index contributed by atoms with van der Waals surface area (Å²) in [6, 6.07) is 14.8. The van der Waals surface area contributed by atoms with E-state index in [9.17, 15) is 0 Å². The molecular formula is C16H18ClN. The van der Waals surface area contributed by atoms with Gasteiger partial charge >= 0.3 is 0 Å². The second-order valence-electron chi connectivity index (χ2n) is 3.98. The number of fused-ring (bicyclic) bond motifs is 1. The van der Waals surface area contributed by atoms with Gasteiger partial charge in [0.25, 0.3) is 0 Å². The number of anilines is 1. The minimum absolute atomic E-state index is 0. The van der Waals surface area contributed by atoms with Gasteiger partial charge < -0.3 is 4.90 Å². The topological polar surface area (TPSA) is 3.24 Å². The molecule has 0 aliphatic carbocycles. The van der Waals surface area contributed by atoms with Gasteiger partial charge in [-0.1, -0.05) is 48.6 Å². The van der Waals surface area contributed by atoms with Gasteiger partial charge in [0.2, 0.25) is 0 Å². The molecule has 0 radical (unpaired) electrons. The van der Waals surface area contributed by atoms with Gasteiger partial charge in [0.05, 0.1) is 0 Å². The molecule has 2 aromatic carbocycles. The lowest BCUT2D eigenvalue weighted by Gasteiger charge is -2.23. The zero-order valence-corrected chi connectivity index (χ0v) is 11.2. The maximum Gasteiger partial charge on any atom is 0.0451 e. The van der Waals surface area contributed by atoms with Crippen LogP contribution in [0.1, 0.15) is 0 Å². The van der Waals surface area contributed by atoms with Crippen molar-refractivity contribution >= 4 is 28.9 Å². The van der Waals surface area contributed by atoms with Crippen LogP contribution in [0.5, 0.6) is 0 Å². The number of hydrogen-bond acceptors (Lipinski definition) is 1. The normalized spacial score (nSPS) is 9.56. The summed E-state index contributed by atoms with van der Waals surface area (Å²) in [6.07, 6.45) is 3.84. The van der Waals surface area contributed by atoms with E-state index in [0.29, 0.717) is 0 Å². The van der Waals surface area contributed by atoms with E-state index in [2.05, 4.69) is 60.5 Å². The predicted octanol–water partition coefficient (Wildman–Crippen LogP) is 4.44. The van der Waals surface area contributed by atoms with Crippen LogP contribution in [0.15, 0.2) is 67.8 Å². The van der Waals surface area contributed by atoms with Gasteiger partial charge in [0, 0.05) is 24.2 Å². The van der Waals surface area contributed by atoms with Gasteiger partial charge in [-0.3, -0.25) is 0 Å². The maximum atomic E-state index is 3.81. The molecule has 0 saturated carbocycles. The molecule has 94 valence electrons. The summed E-state index contributed by atoms with van der Waals surface area (Å²) < 4.78 is 0. The predicted molar refractivity (Wildman–Crippen MR) is 83.8 cm³/mol. The Bertz CT molecular complexity index is 518. The van der Waals surface area contributed by atoms with Crippen molar-refractivity contribution in [1.29, 1.82) is 0 Å². The Kier molecular flexibility index (Phi) is 5.47. The van der Waals surface area contributed by atoms with Crippen LogP contribution in [0.4, 0.5) is 5.69 Å². The molecular weight excluding hydrogens is 242 g/mol. The summed E-state index contributed by atoms with van der Waals surface area (Å²) in [5.41, 5.74) is 1.24. The highest BCUT2D eigenvalue weighted by Crippen LogP contribution is 2.26. The molecule has 1 nitrogen and oxygen atoms in total. The van der Waals surface area contributed by atoms with Crippen molar-refractivity contribution < 1.29 is 0 Å². The summed E-state index contributed by atoms with van der Waals surface area (Å²) >= 11 is 0. The number of halogens is 1. The molecule has 0 aromatic heterocycles. The first-order chi connectivity index (χ1) is 8.36. The van der Waals surface area contributed by atoms with Crippen molar-refractivity contribution in [3.05, 3.63) is 67.8 Å². The quantitative estimate of drug-likeness (QED) is 0.718. The summed E-state index contributed by atoms with van der Waals surface area (Å²) in [7, 11) is 0. The lowest BCUT2D eigenvalue weighted by molar-refractivity contribution is 0.963. The average Bonchev–Trinajstić information content (AvgIpc) is 2.38. The molecule has 0 spiro atoms. The van der Waals surface area contributed by atoms with Crippen LogP contribution in [0.3, 0.4) is 0 Å². The standard InChI is InChI=1S/C16H17N.ClH/c1-3-12-17(13-4-2)16-11-7-9-14-8-5-6-10-15(14)16;/h3-11H,1-2,12-13H2;1H. The van der Waals surface area contributed by atoms with E-state index in [1.165, 1.54) is 16.5 Å². The molecule has 2 rings (SSSR count). The Morgan fingerprint density at radius 1 is 0.889 bits per heavy atom. The minimum Gasteiger partial charge on any atom is -0.364 e. The monoisotopic (exact) mass is 259 g/mol. The first-order valence-corrected chi connectivity index (χ1v) is 5.81. The first-order valence-electron chi connectivity index (χ1n) is 5.81. The van der Waals surface area contributed by atoms with Gasteiger partial charge in [-0.25, -0.2) is 0 Å². The highest BCUT2D eigenvalue weighted by molar-refractivity contribution is 5.94. The van der Waals surface area contributed by atoms with Crippen LogP contribution < -0.4 is 4.90 Å². The molecule has 2 aromatic rings. The smallest absolute Gasteiger partial charge is 0.0451 e. The SMILES string of the molecule is C=CCN(CC=C)c1cccc2ccccc12.Cl. The molecule has 0 unspecified atom stereocenters. The molecule has 0 heterocycles. The molecule has 0 saturated heterocycles. The van der Waals surface area contributed by atoms with Crippen molar-refractivity contribution in [2.75, 3.05) is 18.0 Å². The first kappa shape index (κ1) is 14.3. The van der Waals surface area contributed by atoms with Gasteiger partial charge in [-0.2, -0.15) is 0 Å². The molecule has 2 heteroatoms. The van der Waals surface area contributed by atoms with E-state index in [0.717, 1.165) is 13.1 Å². The highest BCUT2D eigenvalue weighted by Gasteiger charge is 2.06. The number of nitrogens with zero attached hydrogens (tertiary/aromatic N) is 1. The fraction of sp³-hybridized carbons (Fsp3) is 0.125. The molecule has 0 aliphatic rings. The highest BCUT2D eigenvalue weighted by atomic mass is 35.5. The molecule has 0 bridgehead atoms. The van der Waals surface area contributed by atoms with E-state index < -0.39 is 0 Å². The Balaban J connectivity index is 0.00000162. The third-order valence-corrected chi connectivity index (χ3v) is 2.81. The zero-order valence-electron chi connectivity index (χ0n) is 10.4. The molecule has 0 N–H and O–H groups in total. The molecule has 0 amide bonds. The Morgan fingerprint density at radius 2 is 1.50 bits per heavy atom. The molecule has 0 aliphatic heterocycles. The second-order valence-corrected chi connectivity index (χ2v) is 3.98. The fourth-order valence-electron chi connectivity index (χ4n) is 2.07. The summed E-state index contributed by atoms with van der Waals surface area (Å²) in [4.78, 5) is 2.27. The molecule has 18 heavy (non-hydrogen) atoms. The van der Waals surface area contributed by atoms with Gasteiger partial charge in [-0.05, 0) is 11.5 Å². The van der Waals surface area contributed by atoms with Crippen molar-refractivity contribution in [2.45, 2.75) is 0 Å². The third-order valence-electron chi connectivity index (χ3n) is 2.81. The van der Waals surface area contributed by atoms with E-state index in [4.69, 9.17) is 0 Å². The maximum absolute atomic E-state index is 3.81. The number of hydrogen-bond donors (Lipinski definition) is 0. The Morgan fingerprint density at radius 3 is 2.17 bits per heavy atom. The second kappa shape index (κ2) is 6.87. The average molecular weight is 260 g/mol. The number of benzene rings is 2. The molecule has 0 atom stereocenters. The van der Waals surface area contributed by atoms with Crippen LogP contribution in [0, 0.1) is 0 Å². The largest absolute Gasteiger partial charge is 0.364 e. The lowest BCUT2D eigenvalue weighted by Crippen LogP contribution is -2.23. The third kappa shape index (κ3) is 2.93. The van der Waals surface area contributed by atoms with E-state index in [1.54, 1.807) is 0 Å². The van der Waals surface area contributed by atoms with Gasteiger partial charge in [0.15, 0.2) is 0 Å². The van der Waals surface area contributed by atoms with Gasteiger partial charge in [0.1, 0.15) is 0 Å². The zero-order chi connectivity index (χ0) is 12.1. The van der Waals surface area contributed by atoms with Crippen molar-refractivity contribution in [2.24, 2.45) is 0 Å².